The van der Waals surface area contributed by atoms with Crippen LogP contribution in [0, 0.1) is 13.8 Å². The number of hydrogen-bond acceptors (Lipinski definition) is 3. The van der Waals surface area contributed by atoms with Gasteiger partial charge in [0.25, 0.3) is 5.91 Å². The molecule has 0 aliphatic carbocycles. The molecule has 1 heterocycles. The second-order valence-electron chi connectivity index (χ2n) is 4.33. The molecule has 94 valence electrons. The van der Waals surface area contributed by atoms with Gasteiger partial charge in [0.15, 0.2) is 0 Å². The molecule has 0 bridgehead atoms. The molecule has 1 aromatic rings. The van der Waals surface area contributed by atoms with Crippen LogP contribution in [0.3, 0.4) is 0 Å². The van der Waals surface area contributed by atoms with Crippen LogP contribution in [0.2, 0.25) is 0 Å². The fourth-order valence-corrected chi connectivity index (χ4v) is 1.70. The molecule has 0 aromatic carbocycles. The number of nitrogens with one attached hydrogen (secondary N) is 1. The molecular weight excluding hydrogens is 216 g/mol. The number of rotatable bonds is 5. The number of aliphatic hydroxyl groups excluding tert-OH is 1. The maximum Gasteiger partial charge on any atom is 0.253 e. The number of pyridine rings is 1. The Labute approximate surface area is 102 Å². The first-order valence-corrected chi connectivity index (χ1v) is 5.90. The molecule has 0 saturated carbocycles. The molecule has 1 unspecified atom stereocenters. The third-order valence-corrected chi connectivity index (χ3v) is 2.64. The summed E-state index contributed by atoms with van der Waals surface area (Å²) < 4.78 is 0. The molecule has 0 aliphatic heterocycles. The van der Waals surface area contributed by atoms with Crippen molar-refractivity contribution >= 4 is 5.91 Å². The van der Waals surface area contributed by atoms with Gasteiger partial charge in [-0.2, -0.15) is 0 Å². The van der Waals surface area contributed by atoms with E-state index in [2.05, 4.69) is 10.3 Å². The van der Waals surface area contributed by atoms with E-state index in [1.54, 1.807) is 6.07 Å². The van der Waals surface area contributed by atoms with E-state index in [4.69, 9.17) is 5.11 Å². The summed E-state index contributed by atoms with van der Waals surface area (Å²) in [5.41, 5.74) is 2.27. The smallest absolute Gasteiger partial charge is 0.253 e. The number of hydrogen-bond donors (Lipinski definition) is 2. The highest BCUT2D eigenvalue weighted by Gasteiger charge is 2.12. The van der Waals surface area contributed by atoms with Crippen molar-refractivity contribution in [3.63, 3.8) is 0 Å². The Morgan fingerprint density at radius 2 is 2.18 bits per heavy atom. The van der Waals surface area contributed by atoms with Crippen molar-refractivity contribution in [2.45, 2.75) is 39.7 Å². The Morgan fingerprint density at radius 1 is 1.47 bits per heavy atom. The normalized spacial score (nSPS) is 12.2. The van der Waals surface area contributed by atoms with Crippen molar-refractivity contribution in [1.82, 2.24) is 10.3 Å². The van der Waals surface area contributed by atoms with Crippen LogP contribution in [0.1, 0.15) is 41.5 Å². The van der Waals surface area contributed by atoms with Gasteiger partial charge in [-0.3, -0.25) is 9.78 Å². The molecule has 4 nitrogen and oxygen atoms in total. The average Bonchev–Trinajstić information content (AvgIpc) is 2.26. The van der Waals surface area contributed by atoms with Crippen molar-refractivity contribution in [1.29, 1.82) is 0 Å². The van der Waals surface area contributed by atoms with Gasteiger partial charge >= 0.3 is 0 Å². The molecule has 0 saturated heterocycles. The Bertz CT molecular complexity index is 391. The lowest BCUT2D eigenvalue weighted by Gasteiger charge is -2.14. The van der Waals surface area contributed by atoms with Crippen LogP contribution in [0.4, 0.5) is 0 Å². The quantitative estimate of drug-likeness (QED) is 0.816. The van der Waals surface area contributed by atoms with E-state index < -0.39 is 0 Å². The van der Waals surface area contributed by atoms with Gasteiger partial charge in [0.1, 0.15) is 0 Å². The van der Waals surface area contributed by atoms with Gasteiger partial charge in [0, 0.05) is 18.3 Å². The van der Waals surface area contributed by atoms with Crippen LogP contribution >= 0.6 is 0 Å². The standard InChI is InChI=1S/C13H20N2O2/c1-9(5-4-8-16)15-13(17)12-7-6-10(2)14-11(12)3/h6-7,9,16H,4-5,8H2,1-3H3,(H,15,17). The number of amides is 1. The SMILES string of the molecule is Cc1ccc(C(=O)NC(C)CCCO)c(C)n1. The lowest BCUT2D eigenvalue weighted by atomic mass is 10.1. The summed E-state index contributed by atoms with van der Waals surface area (Å²) in [6.45, 7) is 5.83. The molecule has 1 atom stereocenters. The zero-order chi connectivity index (χ0) is 12.8. The molecule has 0 fully saturated rings. The van der Waals surface area contributed by atoms with Crippen molar-refractivity contribution in [3.05, 3.63) is 29.1 Å². The first-order chi connectivity index (χ1) is 8.04. The van der Waals surface area contributed by atoms with Crippen LogP contribution in [-0.2, 0) is 0 Å². The van der Waals surface area contributed by atoms with E-state index in [1.807, 2.05) is 26.8 Å². The minimum Gasteiger partial charge on any atom is -0.396 e. The van der Waals surface area contributed by atoms with Gasteiger partial charge in [-0.1, -0.05) is 0 Å². The second kappa shape index (κ2) is 6.35. The molecule has 0 spiro atoms. The Morgan fingerprint density at radius 3 is 2.76 bits per heavy atom. The summed E-state index contributed by atoms with van der Waals surface area (Å²) in [6, 6.07) is 3.70. The van der Waals surface area contributed by atoms with Crippen LogP contribution in [-0.4, -0.2) is 28.6 Å². The number of carbonyl (C=O) groups is 1. The number of aryl methyl sites for hydroxylation is 2. The van der Waals surface area contributed by atoms with Crippen molar-refractivity contribution in [2.75, 3.05) is 6.61 Å². The third kappa shape index (κ3) is 4.15. The van der Waals surface area contributed by atoms with Gasteiger partial charge < -0.3 is 10.4 Å². The van der Waals surface area contributed by atoms with Crippen LogP contribution < -0.4 is 5.32 Å². The van der Waals surface area contributed by atoms with Crippen molar-refractivity contribution in [2.24, 2.45) is 0 Å². The van der Waals surface area contributed by atoms with E-state index in [-0.39, 0.29) is 18.6 Å². The molecular formula is C13H20N2O2. The number of aromatic nitrogens is 1. The number of aliphatic hydroxyl groups is 1. The first kappa shape index (κ1) is 13.6. The summed E-state index contributed by atoms with van der Waals surface area (Å²) >= 11 is 0. The van der Waals surface area contributed by atoms with Crippen LogP contribution in [0.15, 0.2) is 12.1 Å². The zero-order valence-corrected chi connectivity index (χ0v) is 10.7. The summed E-state index contributed by atoms with van der Waals surface area (Å²) in [5.74, 6) is -0.0968. The molecule has 0 radical (unpaired) electrons. The van der Waals surface area contributed by atoms with E-state index in [1.165, 1.54) is 0 Å². The minimum absolute atomic E-state index is 0.0651. The van der Waals surface area contributed by atoms with E-state index in [0.29, 0.717) is 12.0 Å². The molecule has 0 aliphatic rings. The predicted molar refractivity (Wildman–Crippen MR) is 67.0 cm³/mol. The highest BCUT2D eigenvalue weighted by molar-refractivity contribution is 5.95. The maximum atomic E-state index is 11.9. The topological polar surface area (TPSA) is 62.2 Å². The van der Waals surface area contributed by atoms with E-state index in [9.17, 15) is 4.79 Å². The van der Waals surface area contributed by atoms with Crippen molar-refractivity contribution in [3.8, 4) is 0 Å². The van der Waals surface area contributed by atoms with Gasteiger partial charge in [-0.25, -0.2) is 0 Å². The molecule has 17 heavy (non-hydrogen) atoms. The van der Waals surface area contributed by atoms with Crippen molar-refractivity contribution < 1.29 is 9.90 Å². The van der Waals surface area contributed by atoms with Gasteiger partial charge in [0.05, 0.1) is 11.3 Å². The van der Waals surface area contributed by atoms with E-state index >= 15 is 0 Å². The second-order valence-corrected chi connectivity index (χ2v) is 4.33. The van der Waals surface area contributed by atoms with Gasteiger partial charge in [0.2, 0.25) is 0 Å². The monoisotopic (exact) mass is 236 g/mol. The molecule has 4 heteroatoms. The van der Waals surface area contributed by atoms with Crippen LogP contribution in [0.25, 0.3) is 0 Å². The lowest BCUT2D eigenvalue weighted by molar-refractivity contribution is 0.0935. The Hall–Kier alpha value is -1.42. The summed E-state index contributed by atoms with van der Waals surface area (Å²) in [6.07, 6.45) is 1.48. The summed E-state index contributed by atoms with van der Waals surface area (Å²) in [5, 5.41) is 11.6. The number of nitrogens with zero attached hydrogens (tertiary/aromatic N) is 1. The van der Waals surface area contributed by atoms with E-state index in [0.717, 1.165) is 17.8 Å². The Kier molecular flexibility index (Phi) is 5.10. The summed E-state index contributed by atoms with van der Waals surface area (Å²) in [4.78, 5) is 16.2. The fourth-order valence-electron chi connectivity index (χ4n) is 1.70. The van der Waals surface area contributed by atoms with Crippen LogP contribution in [0.5, 0.6) is 0 Å². The molecule has 1 amide bonds. The number of carbonyl (C=O) groups excluding carboxylic acids is 1. The van der Waals surface area contributed by atoms with Gasteiger partial charge in [-0.15, -0.1) is 0 Å². The highest BCUT2D eigenvalue weighted by atomic mass is 16.2. The highest BCUT2D eigenvalue weighted by Crippen LogP contribution is 2.07. The largest absolute Gasteiger partial charge is 0.396 e. The maximum absolute atomic E-state index is 11.9. The molecule has 2 N–H and O–H groups in total. The minimum atomic E-state index is -0.0968. The predicted octanol–water partition coefficient (Wildman–Crippen LogP) is 1.59. The fraction of sp³-hybridized carbons (Fsp3) is 0.538. The third-order valence-electron chi connectivity index (χ3n) is 2.64. The average molecular weight is 236 g/mol. The molecule has 1 aromatic heterocycles. The first-order valence-electron chi connectivity index (χ1n) is 5.90. The summed E-state index contributed by atoms with van der Waals surface area (Å²) in [7, 11) is 0. The zero-order valence-electron chi connectivity index (χ0n) is 10.7. The van der Waals surface area contributed by atoms with Gasteiger partial charge in [-0.05, 0) is 45.7 Å². The lowest BCUT2D eigenvalue weighted by Crippen LogP contribution is -2.33. The Balaban J connectivity index is 2.63. The molecule has 1 rings (SSSR count).